The Morgan fingerprint density at radius 2 is 1.89 bits per heavy atom. The highest BCUT2D eigenvalue weighted by Gasteiger charge is 2.29. The van der Waals surface area contributed by atoms with Gasteiger partial charge < -0.3 is 9.42 Å². The molecule has 2 aromatic heterocycles. The second-order valence-corrected chi connectivity index (χ2v) is 6.65. The molecule has 1 aliphatic heterocycles. The molecule has 1 atom stereocenters. The molecule has 0 saturated carbocycles. The number of hydrogen-bond acceptors (Lipinski definition) is 5. The summed E-state index contributed by atoms with van der Waals surface area (Å²) in [4.78, 5) is 16.5. The fourth-order valence-corrected chi connectivity index (χ4v) is 3.58. The van der Waals surface area contributed by atoms with Crippen LogP contribution in [-0.2, 0) is 0 Å². The number of likely N-dealkylation sites (tertiary alicyclic amines) is 1. The molecule has 1 amide bonds. The Hall–Kier alpha value is -3.48. The van der Waals surface area contributed by atoms with Crippen LogP contribution in [0.3, 0.4) is 0 Å². The molecule has 0 spiro atoms. The lowest BCUT2D eigenvalue weighted by molar-refractivity contribution is 0.0786. The van der Waals surface area contributed by atoms with Gasteiger partial charge >= 0.3 is 0 Å². The van der Waals surface area contributed by atoms with E-state index >= 15 is 0 Å². The molecule has 0 bridgehead atoms. The van der Waals surface area contributed by atoms with E-state index < -0.39 is 0 Å². The maximum Gasteiger partial charge on any atom is 0.253 e. The highest BCUT2D eigenvalue weighted by molar-refractivity contribution is 6.01. The van der Waals surface area contributed by atoms with Crippen LogP contribution in [0.4, 0.5) is 0 Å². The summed E-state index contributed by atoms with van der Waals surface area (Å²) in [5.74, 6) is 0.687. The summed E-state index contributed by atoms with van der Waals surface area (Å²) < 4.78 is 5.53. The van der Waals surface area contributed by atoms with Gasteiger partial charge in [-0.3, -0.25) is 4.79 Å². The topological polar surface area (TPSA) is 77.0 Å². The van der Waals surface area contributed by atoms with Crippen LogP contribution in [0.15, 0.2) is 65.4 Å². The summed E-state index contributed by atoms with van der Waals surface area (Å²) >= 11 is 0. The minimum Gasteiger partial charge on any atom is -0.355 e. The third kappa shape index (κ3) is 2.77. The molecule has 0 radical (unpaired) electrons. The van der Waals surface area contributed by atoms with Crippen molar-refractivity contribution in [1.29, 1.82) is 0 Å². The fourth-order valence-electron chi connectivity index (χ4n) is 3.58. The Kier molecular flexibility index (Phi) is 3.71. The standard InChI is InChI=1S/C20H17N5O2/c26-20(24-11-8-16(13-24)25-21-9-10-22-25)15-6-7-18-17(12-15)19(27-23-18)14-4-2-1-3-5-14/h1-7,9-10,12,16H,8,11,13H2. The highest BCUT2D eigenvalue weighted by Crippen LogP contribution is 2.30. The molecule has 0 N–H and O–H groups in total. The van der Waals surface area contributed by atoms with Crippen molar-refractivity contribution in [2.75, 3.05) is 13.1 Å². The van der Waals surface area contributed by atoms with E-state index in [2.05, 4.69) is 15.4 Å². The normalized spacial score (nSPS) is 16.9. The lowest BCUT2D eigenvalue weighted by Crippen LogP contribution is -2.29. The van der Waals surface area contributed by atoms with Gasteiger partial charge in [0.05, 0.1) is 23.8 Å². The van der Waals surface area contributed by atoms with Crippen LogP contribution < -0.4 is 0 Å². The zero-order valence-electron chi connectivity index (χ0n) is 14.5. The monoisotopic (exact) mass is 359 g/mol. The summed E-state index contributed by atoms with van der Waals surface area (Å²) in [7, 11) is 0. The quantitative estimate of drug-likeness (QED) is 0.561. The van der Waals surface area contributed by atoms with Crippen LogP contribution in [0.5, 0.6) is 0 Å². The smallest absolute Gasteiger partial charge is 0.253 e. The van der Waals surface area contributed by atoms with Crippen LogP contribution >= 0.6 is 0 Å². The van der Waals surface area contributed by atoms with Gasteiger partial charge in [0, 0.05) is 24.2 Å². The molecule has 4 aromatic rings. The molecule has 3 heterocycles. The average molecular weight is 359 g/mol. The van der Waals surface area contributed by atoms with Crippen molar-refractivity contribution in [3.05, 3.63) is 66.5 Å². The Morgan fingerprint density at radius 3 is 2.70 bits per heavy atom. The van der Waals surface area contributed by atoms with E-state index in [0.717, 1.165) is 22.9 Å². The zero-order valence-corrected chi connectivity index (χ0v) is 14.5. The molecule has 0 aliphatic carbocycles. The first-order chi connectivity index (χ1) is 13.3. The minimum absolute atomic E-state index is 0.00627. The third-order valence-corrected chi connectivity index (χ3v) is 4.97. The molecule has 1 saturated heterocycles. The summed E-state index contributed by atoms with van der Waals surface area (Å²) in [6.07, 6.45) is 4.18. The first kappa shape index (κ1) is 15.7. The van der Waals surface area contributed by atoms with Gasteiger partial charge in [-0.05, 0) is 24.6 Å². The first-order valence-electron chi connectivity index (χ1n) is 8.89. The van der Waals surface area contributed by atoms with Gasteiger partial charge in [0.15, 0.2) is 5.76 Å². The largest absolute Gasteiger partial charge is 0.355 e. The summed E-state index contributed by atoms with van der Waals surface area (Å²) in [5, 5.41) is 13.3. The summed E-state index contributed by atoms with van der Waals surface area (Å²) in [6.45, 7) is 1.30. The van der Waals surface area contributed by atoms with Crippen molar-refractivity contribution in [3.63, 3.8) is 0 Å². The number of nitrogens with zero attached hydrogens (tertiary/aromatic N) is 5. The first-order valence-corrected chi connectivity index (χ1v) is 8.89. The molecule has 2 aromatic carbocycles. The van der Waals surface area contributed by atoms with Gasteiger partial charge in [-0.15, -0.1) is 0 Å². The molecule has 1 aliphatic rings. The van der Waals surface area contributed by atoms with E-state index in [4.69, 9.17) is 4.52 Å². The van der Waals surface area contributed by atoms with E-state index in [1.165, 1.54) is 0 Å². The second kappa shape index (κ2) is 6.35. The van der Waals surface area contributed by atoms with E-state index in [1.807, 2.05) is 47.4 Å². The lowest BCUT2D eigenvalue weighted by atomic mass is 10.1. The Balaban J connectivity index is 1.44. The van der Waals surface area contributed by atoms with Crippen LogP contribution in [0.25, 0.3) is 22.2 Å². The van der Waals surface area contributed by atoms with Crippen LogP contribution in [-0.4, -0.2) is 44.0 Å². The lowest BCUT2D eigenvalue weighted by Gasteiger charge is -2.16. The minimum atomic E-state index is 0.00627. The highest BCUT2D eigenvalue weighted by atomic mass is 16.5. The number of aromatic nitrogens is 4. The number of amides is 1. The van der Waals surface area contributed by atoms with E-state index in [-0.39, 0.29) is 11.9 Å². The van der Waals surface area contributed by atoms with Gasteiger partial charge in [-0.1, -0.05) is 35.5 Å². The fraction of sp³-hybridized carbons (Fsp3) is 0.200. The maximum atomic E-state index is 13.0. The van der Waals surface area contributed by atoms with Gasteiger partial charge in [0.25, 0.3) is 5.91 Å². The Morgan fingerprint density at radius 1 is 1.07 bits per heavy atom. The number of hydrogen-bond donors (Lipinski definition) is 0. The molecule has 134 valence electrons. The van der Waals surface area contributed by atoms with Crippen LogP contribution in [0, 0.1) is 0 Å². The average Bonchev–Trinajstić information content (AvgIpc) is 3.47. The van der Waals surface area contributed by atoms with Crippen LogP contribution in [0.1, 0.15) is 22.8 Å². The third-order valence-electron chi connectivity index (χ3n) is 4.97. The summed E-state index contributed by atoms with van der Waals surface area (Å²) in [6, 6.07) is 15.4. The molecular weight excluding hydrogens is 342 g/mol. The van der Waals surface area contributed by atoms with Crippen molar-refractivity contribution in [2.45, 2.75) is 12.5 Å². The molecule has 5 rings (SSSR count). The van der Waals surface area contributed by atoms with E-state index in [9.17, 15) is 4.79 Å². The second-order valence-electron chi connectivity index (χ2n) is 6.65. The number of benzene rings is 2. The number of fused-ring (bicyclic) bond motifs is 1. The molecule has 1 unspecified atom stereocenters. The Labute approximate surface area is 155 Å². The van der Waals surface area contributed by atoms with E-state index in [0.29, 0.717) is 24.4 Å². The molecule has 1 fully saturated rings. The van der Waals surface area contributed by atoms with Gasteiger partial charge in [-0.25, -0.2) is 0 Å². The van der Waals surface area contributed by atoms with E-state index in [1.54, 1.807) is 23.3 Å². The van der Waals surface area contributed by atoms with Crippen molar-refractivity contribution in [2.24, 2.45) is 0 Å². The molecular formula is C20H17N5O2. The van der Waals surface area contributed by atoms with Crippen molar-refractivity contribution < 1.29 is 9.32 Å². The number of rotatable bonds is 3. The van der Waals surface area contributed by atoms with Crippen LogP contribution in [0.2, 0.25) is 0 Å². The number of carbonyl (C=O) groups excluding carboxylic acids is 1. The molecule has 27 heavy (non-hydrogen) atoms. The van der Waals surface area contributed by atoms with Crippen molar-refractivity contribution in [1.82, 2.24) is 25.1 Å². The van der Waals surface area contributed by atoms with Gasteiger partial charge in [0.1, 0.15) is 5.52 Å². The maximum absolute atomic E-state index is 13.0. The Bertz CT molecular complexity index is 1090. The van der Waals surface area contributed by atoms with Gasteiger partial charge in [-0.2, -0.15) is 15.0 Å². The SMILES string of the molecule is O=C(c1ccc2noc(-c3ccccc3)c2c1)N1CCC(n2nccn2)C1. The predicted molar refractivity (Wildman–Crippen MR) is 99.0 cm³/mol. The zero-order chi connectivity index (χ0) is 18.2. The van der Waals surface area contributed by atoms with Gasteiger partial charge in [0.2, 0.25) is 0 Å². The summed E-state index contributed by atoms with van der Waals surface area (Å²) in [5.41, 5.74) is 2.32. The molecule has 7 nitrogen and oxygen atoms in total. The molecule has 7 heteroatoms. The van der Waals surface area contributed by atoms with Crippen molar-refractivity contribution >= 4 is 16.8 Å². The number of carbonyl (C=O) groups is 1. The van der Waals surface area contributed by atoms with Crippen molar-refractivity contribution in [3.8, 4) is 11.3 Å². The predicted octanol–water partition coefficient (Wildman–Crippen LogP) is 3.17.